The molecule has 1 aromatic rings. The largest absolute Gasteiger partial charge is 0.481 e. The van der Waals surface area contributed by atoms with E-state index in [4.69, 9.17) is 9.72 Å². The molecule has 0 aromatic carbocycles. The van der Waals surface area contributed by atoms with Gasteiger partial charge in [0, 0.05) is 18.5 Å². The van der Waals surface area contributed by atoms with E-state index in [1.165, 1.54) is 32.1 Å². The van der Waals surface area contributed by atoms with Crippen LogP contribution in [0.1, 0.15) is 50.3 Å². The molecule has 1 aliphatic carbocycles. The van der Waals surface area contributed by atoms with Crippen molar-refractivity contribution in [2.45, 2.75) is 44.4 Å². The van der Waals surface area contributed by atoms with Gasteiger partial charge in [-0.2, -0.15) is 4.98 Å². The molecule has 0 radical (unpaired) electrons. The number of anilines is 1. The summed E-state index contributed by atoms with van der Waals surface area (Å²) in [6.07, 6.45) is 7.42. The van der Waals surface area contributed by atoms with Crippen LogP contribution in [0.5, 0.6) is 5.88 Å². The van der Waals surface area contributed by atoms with Crippen molar-refractivity contribution in [3.63, 3.8) is 0 Å². The van der Waals surface area contributed by atoms with Crippen molar-refractivity contribution < 1.29 is 4.74 Å². The number of hydrogen-bond donors (Lipinski definition) is 1. The van der Waals surface area contributed by atoms with Gasteiger partial charge < -0.3 is 15.0 Å². The minimum Gasteiger partial charge on any atom is -0.481 e. The van der Waals surface area contributed by atoms with Crippen LogP contribution in [-0.4, -0.2) is 49.2 Å². The first-order chi connectivity index (χ1) is 10.2. The maximum atomic E-state index is 5.33. The number of rotatable bonds is 7. The van der Waals surface area contributed by atoms with Gasteiger partial charge in [0.05, 0.1) is 7.11 Å². The van der Waals surface area contributed by atoms with E-state index in [2.05, 4.69) is 29.3 Å². The highest BCUT2D eigenvalue weighted by molar-refractivity contribution is 5.38. The lowest BCUT2D eigenvalue weighted by atomic mass is 9.89. The second-order valence-corrected chi connectivity index (χ2v) is 6.07. The Bertz CT molecular complexity index is 430. The molecule has 1 saturated carbocycles. The summed E-state index contributed by atoms with van der Waals surface area (Å²) in [6, 6.07) is 1.89. The van der Waals surface area contributed by atoms with Crippen LogP contribution in [0.3, 0.4) is 0 Å². The van der Waals surface area contributed by atoms with Gasteiger partial charge in [0.2, 0.25) is 5.88 Å². The molecule has 0 saturated heterocycles. The normalized spacial score (nSPS) is 16.2. The molecule has 1 fully saturated rings. The Morgan fingerprint density at radius 3 is 2.67 bits per heavy atom. The Balaban J connectivity index is 1.99. The SMILES string of the molecule is COc1cc(NCCCN(C)C)nc(C2CCCCC2)n1. The second-order valence-electron chi connectivity index (χ2n) is 6.07. The van der Waals surface area contributed by atoms with E-state index in [0.29, 0.717) is 11.8 Å². The molecule has 5 heteroatoms. The molecular weight excluding hydrogens is 264 g/mol. The van der Waals surface area contributed by atoms with Crippen molar-refractivity contribution >= 4 is 5.82 Å². The van der Waals surface area contributed by atoms with Gasteiger partial charge in [-0.3, -0.25) is 0 Å². The van der Waals surface area contributed by atoms with E-state index in [-0.39, 0.29) is 0 Å². The molecule has 1 aromatic heterocycles. The highest BCUT2D eigenvalue weighted by atomic mass is 16.5. The topological polar surface area (TPSA) is 50.3 Å². The number of ether oxygens (including phenoxy) is 1. The maximum absolute atomic E-state index is 5.33. The summed E-state index contributed by atoms with van der Waals surface area (Å²) in [7, 11) is 5.85. The standard InChI is InChI=1S/C16H28N4O/c1-20(2)11-7-10-17-14-12-15(21-3)19-16(18-14)13-8-5-4-6-9-13/h12-13H,4-11H2,1-3H3,(H,17,18,19). The molecule has 21 heavy (non-hydrogen) atoms. The van der Waals surface area contributed by atoms with E-state index >= 15 is 0 Å². The van der Waals surface area contributed by atoms with E-state index in [1.54, 1.807) is 7.11 Å². The molecule has 0 aliphatic heterocycles. The van der Waals surface area contributed by atoms with Crippen LogP contribution >= 0.6 is 0 Å². The fourth-order valence-corrected chi connectivity index (χ4v) is 2.79. The van der Waals surface area contributed by atoms with Gasteiger partial charge in [-0.15, -0.1) is 0 Å². The summed E-state index contributed by atoms with van der Waals surface area (Å²) < 4.78 is 5.33. The lowest BCUT2D eigenvalue weighted by Gasteiger charge is -2.21. The maximum Gasteiger partial charge on any atom is 0.218 e. The number of hydrogen-bond acceptors (Lipinski definition) is 5. The number of nitrogens with zero attached hydrogens (tertiary/aromatic N) is 3. The lowest BCUT2D eigenvalue weighted by Crippen LogP contribution is -2.17. The first-order valence-corrected chi connectivity index (χ1v) is 8.00. The third-order valence-electron chi connectivity index (χ3n) is 3.99. The van der Waals surface area contributed by atoms with Gasteiger partial charge in [-0.1, -0.05) is 19.3 Å². The van der Waals surface area contributed by atoms with Gasteiger partial charge in [-0.25, -0.2) is 4.98 Å². The average molecular weight is 292 g/mol. The van der Waals surface area contributed by atoms with Crippen molar-refractivity contribution in [1.29, 1.82) is 0 Å². The van der Waals surface area contributed by atoms with Crippen molar-refractivity contribution in [2.75, 3.05) is 39.6 Å². The number of nitrogens with one attached hydrogen (secondary N) is 1. The third kappa shape index (κ3) is 5.16. The zero-order valence-electron chi connectivity index (χ0n) is 13.6. The Morgan fingerprint density at radius 1 is 1.24 bits per heavy atom. The Labute approximate surface area is 128 Å². The van der Waals surface area contributed by atoms with Gasteiger partial charge in [0.1, 0.15) is 11.6 Å². The molecule has 5 nitrogen and oxygen atoms in total. The fourth-order valence-electron chi connectivity index (χ4n) is 2.79. The molecule has 0 unspecified atom stereocenters. The minimum atomic E-state index is 0.496. The van der Waals surface area contributed by atoms with Gasteiger partial charge >= 0.3 is 0 Å². The average Bonchev–Trinajstić information content (AvgIpc) is 2.52. The Morgan fingerprint density at radius 2 is 2.00 bits per heavy atom. The summed E-state index contributed by atoms with van der Waals surface area (Å²) >= 11 is 0. The predicted molar refractivity (Wildman–Crippen MR) is 86.1 cm³/mol. The highest BCUT2D eigenvalue weighted by Crippen LogP contribution is 2.32. The molecule has 0 amide bonds. The van der Waals surface area contributed by atoms with Crippen LogP contribution in [0.25, 0.3) is 0 Å². The monoisotopic (exact) mass is 292 g/mol. The molecule has 0 bridgehead atoms. The summed E-state index contributed by atoms with van der Waals surface area (Å²) in [5, 5.41) is 3.40. The number of methoxy groups -OCH3 is 1. The first kappa shape index (κ1) is 16.0. The summed E-state index contributed by atoms with van der Waals surface area (Å²) in [5.74, 6) is 3.00. The van der Waals surface area contributed by atoms with Gasteiger partial charge in [0.15, 0.2) is 0 Å². The second kappa shape index (κ2) is 8.17. The fraction of sp³-hybridized carbons (Fsp3) is 0.750. The highest BCUT2D eigenvalue weighted by Gasteiger charge is 2.19. The molecule has 1 N–H and O–H groups in total. The number of aromatic nitrogens is 2. The van der Waals surface area contributed by atoms with Crippen LogP contribution in [0.4, 0.5) is 5.82 Å². The van der Waals surface area contributed by atoms with Crippen LogP contribution < -0.4 is 10.1 Å². The molecule has 0 spiro atoms. The van der Waals surface area contributed by atoms with Crippen molar-refractivity contribution in [1.82, 2.24) is 14.9 Å². The summed E-state index contributed by atoms with van der Waals surface area (Å²) in [6.45, 7) is 1.99. The molecule has 0 atom stereocenters. The van der Waals surface area contributed by atoms with Crippen LogP contribution in [0.2, 0.25) is 0 Å². The van der Waals surface area contributed by atoms with E-state index in [0.717, 1.165) is 31.2 Å². The van der Waals surface area contributed by atoms with E-state index in [9.17, 15) is 0 Å². The van der Waals surface area contributed by atoms with E-state index < -0.39 is 0 Å². The molecule has 1 heterocycles. The molecular formula is C16H28N4O. The minimum absolute atomic E-state index is 0.496. The lowest BCUT2D eigenvalue weighted by molar-refractivity contribution is 0.383. The zero-order chi connectivity index (χ0) is 15.1. The Kier molecular flexibility index (Phi) is 6.23. The van der Waals surface area contributed by atoms with Crippen molar-refractivity contribution in [2.24, 2.45) is 0 Å². The molecule has 118 valence electrons. The quantitative estimate of drug-likeness (QED) is 0.783. The molecule has 2 rings (SSSR count). The Hall–Kier alpha value is -1.36. The summed E-state index contributed by atoms with van der Waals surface area (Å²) in [5.41, 5.74) is 0. The van der Waals surface area contributed by atoms with Crippen molar-refractivity contribution in [3.05, 3.63) is 11.9 Å². The smallest absolute Gasteiger partial charge is 0.218 e. The van der Waals surface area contributed by atoms with E-state index in [1.807, 2.05) is 6.07 Å². The van der Waals surface area contributed by atoms with Crippen LogP contribution in [0.15, 0.2) is 6.07 Å². The zero-order valence-corrected chi connectivity index (χ0v) is 13.6. The molecule has 1 aliphatic rings. The third-order valence-corrected chi connectivity index (χ3v) is 3.99. The van der Waals surface area contributed by atoms with Gasteiger partial charge in [-0.05, 0) is 39.9 Å². The van der Waals surface area contributed by atoms with Crippen LogP contribution in [0, 0.1) is 0 Å². The van der Waals surface area contributed by atoms with Gasteiger partial charge in [0.25, 0.3) is 0 Å². The summed E-state index contributed by atoms with van der Waals surface area (Å²) in [4.78, 5) is 11.4. The van der Waals surface area contributed by atoms with Crippen LogP contribution in [-0.2, 0) is 0 Å². The van der Waals surface area contributed by atoms with Crippen molar-refractivity contribution in [3.8, 4) is 5.88 Å². The first-order valence-electron chi connectivity index (χ1n) is 8.00. The predicted octanol–water partition coefficient (Wildman–Crippen LogP) is 2.90.